The number of aromatic nitrogens is 2. The Labute approximate surface area is 201 Å². The largest absolute Gasteiger partial charge is 0.481 e. The van der Waals surface area contributed by atoms with Crippen molar-refractivity contribution in [3.05, 3.63) is 77.9 Å². The molecule has 9 nitrogen and oxygen atoms in total. The third-order valence-electron chi connectivity index (χ3n) is 6.71. The van der Waals surface area contributed by atoms with E-state index in [1.54, 1.807) is 6.20 Å². The number of carboxylic acid groups (broad SMARTS) is 1. The van der Waals surface area contributed by atoms with E-state index in [-0.39, 0.29) is 31.4 Å². The van der Waals surface area contributed by atoms with E-state index in [0.717, 1.165) is 22.3 Å². The fourth-order valence-electron chi connectivity index (χ4n) is 4.74. The number of alkyl carbamates (subject to hydrolysis) is 1. The van der Waals surface area contributed by atoms with Crippen LogP contribution in [0.3, 0.4) is 0 Å². The molecule has 0 saturated heterocycles. The summed E-state index contributed by atoms with van der Waals surface area (Å²) in [6.07, 6.45) is 3.13. The van der Waals surface area contributed by atoms with Crippen LogP contribution in [0, 0.1) is 11.8 Å². The van der Waals surface area contributed by atoms with Crippen LogP contribution >= 0.6 is 0 Å². The van der Waals surface area contributed by atoms with Crippen LogP contribution in [0.2, 0.25) is 0 Å². The summed E-state index contributed by atoms with van der Waals surface area (Å²) < 4.78 is 5.59. The minimum absolute atomic E-state index is 0.0845. The highest BCUT2D eigenvalue weighted by Crippen LogP contribution is 2.44. The standard InChI is InChI=1S/C26H26N4O5/c31-24(28-11-15-9-21(15)25(32)33)23(10-16-12-27-14-29-16)30-26(34)35-13-22-19-7-3-1-5-17(19)18-6-2-4-8-20(18)22/h1-8,12,14-15,21-23H,9-11,13H2,(H,27,29)(H,28,31)(H,30,34)(H,32,33)/t15-,21-,23-/m1/s1. The van der Waals surface area contributed by atoms with E-state index in [0.29, 0.717) is 12.1 Å². The number of fused-ring (bicyclic) bond motifs is 3. The maximum Gasteiger partial charge on any atom is 0.407 e. The Kier molecular flexibility index (Phi) is 6.22. The second-order valence-corrected chi connectivity index (χ2v) is 8.99. The van der Waals surface area contributed by atoms with Gasteiger partial charge in [0, 0.05) is 30.8 Å². The van der Waals surface area contributed by atoms with Gasteiger partial charge in [-0.15, -0.1) is 0 Å². The lowest BCUT2D eigenvalue weighted by molar-refractivity contribution is -0.139. The van der Waals surface area contributed by atoms with E-state index in [1.807, 2.05) is 36.4 Å². The Bertz CT molecular complexity index is 1200. The molecule has 3 aromatic rings. The first kappa shape index (κ1) is 22.6. The number of hydrogen-bond donors (Lipinski definition) is 4. The number of hydrogen-bond acceptors (Lipinski definition) is 5. The smallest absolute Gasteiger partial charge is 0.407 e. The lowest BCUT2D eigenvalue weighted by Crippen LogP contribution is -2.49. The molecule has 1 heterocycles. The summed E-state index contributed by atoms with van der Waals surface area (Å²) in [4.78, 5) is 43.5. The van der Waals surface area contributed by atoms with Crippen LogP contribution in [-0.4, -0.2) is 52.2 Å². The van der Waals surface area contributed by atoms with Gasteiger partial charge >= 0.3 is 12.1 Å². The Morgan fingerprint density at radius 3 is 2.37 bits per heavy atom. The minimum atomic E-state index is -0.895. The average molecular weight is 475 g/mol. The van der Waals surface area contributed by atoms with Crippen molar-refractivity contribution in [1.82, 2.24) is 20.6 Å². The van der Waals surface area contributed by atoms with Gasteiger partial charge in [-0.3, -0.25) is 9.59 Å². The number of aromatic amines is 1. The number of carboxylic acids is 1. The molecule has 0 bridgehead atoms. The van der Waals surface area contributed by atoms with Crippen LogP contribution in [0.25, 0.3) is 11.1 Å². The third-order valence-corrected chi connectivity index (χ3v) is 6.71. The molecule has 1 saturated carbocycles. The predicted molar refractivity (Wildman–Crippen MR) is 127 cm³/mol. The molecule has 0 spiro atoms. The van der Waals surface area contributed by atoms with Crippen LogP contribution < -0.4 is 10.6 Å². The van der Waals surface area contributed by atoms with Crippen molar-refractivity contribution in [2.75, 3.05) is 13.2 Å². The first-order valence-corrected chi connectivity index (χ1v) is 11.6. The van der Waals surface area contributed by atoms with Gasteiger partial charge in [0.05, 0.1) is 12.2 Å². The molecule has 0 aliphatic heterocycles. The SMILES string of the molecule is O=C(N[C@H](Cc1cnc[nH]1)C(=O)NC[C@H]1C[C@H]1C(=O)O)OCC1c2ccccc2-c2ccccc21. The molecule has 0 unspecified atom stereocenters. The Morgan fingerprint density at radius 1 is 1.09 bits per heavy atom. The molecule has 4 N–H and O–H groups in total. The van der Waals surface area contributed by atoms with Crippen LogP contribution in [0.1, 0.15) is 29.2 Å². The van der Waals surface area contributed by atoms with Crippen molar-refractivity contribution < 1.29 is 24.2 Å². The van der Waals surface area contributed by atoms with Crippen molar-refractivity contribution in [1.29, 1.82) is 0 Å². The Balaban J connectivity index is 1.22. The first-order chi connectivity index (χ1) is 17.0. The quantitative estimate of drug-likeness (QED) is 0.377. The molecular weight excluding hydrogens is 448 g/mol. The average Bonchev–Trinajstić information content (AvgIpc) is 3.34. The summed E-state index contributed by atoms with van der Waals surface area (Å²) >= 11 is 0. The van der Waals surface area contributed by atoms with Crippen LogP contribution in [0.15, 0.2) is 61.1 Å². The number of benzene rings is 2. The third kappa shape index (κ3) is 4.89. The topological polar surface area (TPSA) is 133 Å². The summed E-state index contributed by atoms with van der Waals surface area (Å²) in [6, 6.07) is 15.2. The number of rotatable bonds is 9. The molecule has 3 atom stereocenters. The van der Waals surface area contributed by atoms with Crippen molar-refractivity contribution in [3.63, 3.8) is 0 Å². The van der Waals surface area contributed by atoms with Crippen molar-refractivity contribution in [2.45, 2.75) is 24.8 Å². The minimum Gasteiger partial charge on any atom is -0.481 e. The summed E-state index contributed by atoms with van der Waals surface area (Å²) in [5.41, 5.74) is 5.15. The summed E-state index contributed by atoms with van der Waals surface area (Å²) in [6.45, 7) is 0.391. The van der Waals surface area contributed by atoms with Crippen molar-refractivity contribution in [2.24, 2.45) is 11.8 Å². The second-order valence-electron chi connectivity index (χ2n) is 8.99. The normalized spacial score (nSPS) is 18.7. The molecule has 0 radical (unpaired) electrons. The maximum absolute atomic E-state index is 12.8. The fraction of sp³-hybridized carbons (Fsp3) is 0.308. The molecule has 9 heteroatoms. The van der Waals surface area contributed by atoms with Gasteiger partial charge in [0.15, 0.2) is 0 Å². The van der Waals surface area contributed by atoms with Gasteiger partial charge < -0.3 is 25.5 Å². The number of aliphatic carboxylic acids is 1. The number of imidazole rings is 1. The van der Waals surface area contributed by atoms with Crippen LogP contribution in [-0.2, 0) is 20.7 Å². The Morgan fingerprint density at radius 2 is 1.77 bits per heavy atom. The van der Waals surface area contributed by atoms with E-state index in [1.165, 1.54) is 6.33 Å². The summed E-state index contributed by atoms with van der Waals surface area (Å²) in [7, 11) is 0. The number of nitrogens with zero attached hydrogens (tertiary/aromatic N) is 1. The van der Waals surface area contributed by atoms with Crippen molar-refractivity contribution in [3.8, 4) is 11.1 Å². The molecule has 5 rings (SSSR count). The van der Waals surface area contributed by atoms with E-state index in [9.17, 15) is 14.4 Å². The van der Waals surface area contributed by atoms with Gasteiger partial charge in [0.2, 0.25) is 5.91 Å². The van der Waals surface area contributed by atoms with Gasteiger partial charge in [-0.2, -0.15) is 0 Å². The highest BCUT2D eigenvalue weighted by molar-refractivity contribution is 5.86. The number of nitrogens with one attached hydrogen (secondary N) is 3. The zero-order chi connectivity index (χ0) is 24.4. The van der Waals surface area contributed by atoms with Crippen LogP contribution in [0.5, 0.6) is 0 Å². The molecule has 2 amide bonds. The number of H-pyrrole nitrogens is 1. The monoisotopic (exact) mass is 474 g/mol. The van der Waals surface area contributed by atoms with Gasteiger partial charge in [-0.25, -0.2) is 9.78 Å². The molecule has 180 valence electrons. The summed E-state index contributed by atoms with van der Waals surface area (Å²) in [5.74, 6) is -1.84. The number of amides is 2. The zero-order valence-electron chi connectivity index (χ0n) is 18.9. The van der Waals surface area contributed by atoms with Crippen LogP contribution in [0.4, 0.5) is 4.79 Å². The molecule has 2 aliphatic carbocycles. The molecule has 1 aromatic heterocycles. The lowest BCUT2D eigenvalue weighted by Gasteiger charge is -2.19. The van der Waals surface area contributed by atoms with E-state index < -0.39 is 29.9 Å². The molecular formula is C26H26N4O5. The predicted octanol–water partition coefficient (Wildman–Crippen LogP) is 2.70. The molecule has 2 aromatic carbocycles. The number of carbonyl (C=O) groups is 3. The van der Waals surface area contributed by atoms with Crippen molar-refractivity contribution >= 4 is 18.0 Å². The van der Waals surface area contributed by atoms with Gasteiger partial charge in [-0.05, 0) is 34.6 Å². The number of ether oxygens (including phenoxy) is 1. The van der Waals surface area contributed by atoms with E-state index in [2.05, 4.69) is 32.7 Å². The fourth-order valence-corrected chi connectivity index (χ4v) is 4.74. The zero-order valence-corrected chi connectivity index (χ0v) is 18.9. The first-order valence-electron chi connectivity index (χ1n) is 11.6. The number of carbonyl (C=O) groups excluding carboxylic acids is 2. The lowest BCUT2D eigenvalue weighted by atomic mass is 9.98. The molecule has 35 heavy (non-hydrogen) atoms. The molecule has 2 aliphatic rings. The Hall–Kier alpha value is -4.14. The van der Waals surface area contributed by atoms with E-state index >= 15 is 0 Å². The molecule has 1 fully saturated rings. The van der Waals surface area contributed by atoms with E-state index in [4.69, 9.17) is 9.84 Å². The van der Waals surface area contributed by atoms with Gasteiger partial charge in [0.1, 0.15) is 12.6 Å². The highest BCUT2D eigenvalue weighted by atomic mass is 16.5. The van der Waals surface area contributed by atoms with Gasteiger partial charge in [-0.1, -0.05) is 48.5 Å². The highest BCUT2D eigenvalue weighted by Gasteiger charge is 2.43. The van der Waals surface area contributed by atoms with Gasteiger partial charge in [0.25, 0.3) is 0 Å². The summed E-state index contributed by atoms with van der Waals surface area (Å²) in [5, 5.41) is 14.5. The maximum atomic E-state index is 12.8. The second kappa shape index (κ2) is 9.61.